The fourth-order valence-electron chi connectivity index (χ4n) is 1.59. The molecule has 2 N–H and O–H groups in total. The molecule has 3 rings (SSSR count). The van der Waals surface area contributed by atoms with E-state index in [0.717, 1.165) is 16.5 Å². The monoisotopic (exact) mass is 234 g/mol. The van der Waals surface area contributed by atoms with Gasteiger partial charge in [-0.15, -0.1) is 11.3 Å². The number of aromatic nitrogens is 1. The highest BCUT2D eigenvalue weighted by Crippen LogP contribution is 2.36. The molecule has 1 aromatic heterocycles. The number of rotatable bonds is 1. The minimum Gasteiger partial charge on any atom is -0.485 e. The van der Waals surface area contributed by atoms with Crippen molar-refractivity contribution in [3.8, 4) is 11.5 Å². The quantitative estimate of drug-likeness (QED) is 0.822. The zero-order valence-corrected chi connectivity index (χ0v) is 9.24. The third kappa shape index (κ3) is 1.59. The summed E-state index contributed by atoms with van der Waals surface area (Å²) in [6.07, 6.45) is -0.155. The zero-order chi connectivity index (χ0) is 11.0. The van der Waals surface area contributed by atoms with Crippen LogP contribution in [-0.2, 0) is 0 Å². The summed E-state index contributed by atoms with van der Waals surface area (Å²) in [6, 6.07) is 7.62. The molecule has 4 nitrogen and oxygen atoms in total. The molecule has 2 aromatic rings. The van der Waals surface area contributed by atoms with Crippen LogP contribution in [0.5, 0.6) is 11.5 Å². The molecule has 1 aliphatic rings. The highest BCUT2D eigenvalue weighted by atomic mass is 32.1. The van der Waals surface area contributed by atoms with Crippen LogP contribution in [0.4, 0.5) is 5.82 Å². The first-order chi connectivity index (χ1) is 7.83. The molecule has 0 saturated heterocycles. The van der Waals surface area contributed by atoms with E-state index in [1.54, 1.807) is 5.38 Å². The van der Waals surface area contributed by atoms with Gasteiger partial charge in [0.25, 0.3) is 0 Å². The van der Waals surface area contributed by atoms with E-state index in [9.17, 15) is 0 Å². The smallest absolute Gasteiger partial charge is 0.184 e. The van der Waals surface area contributed by atoms with Crippen LogP contribution in [-0.4, -0.2) is 11.6 Å². The number of hydrogen-bond donors (Lipinski definition) is 1. The molecule has 1 unspecified atom stereocenters. The van der Waals surface area contributed by atoms with Gasteiger partial charge in [0.15, 0.2) is 17.6 Å². The molecule has 2 heterocycles. The standard InChI is InChI=1S/C11H10N2O2S/c12-10-6-16-11(13-10)9-5-14-7-3-1-2-4-8(7)15-9/h1-4,6,9H,5,12H2. The van der Waals surface area contributed by atoms with Crippen molar-refractivity contribution in [2.75, 3.05) is 12.3 Å². The molecule has 0 bridgehead atoms. The minimum absolute atomic E-state index is 0.155. The summed E-state index contributed by atoms with van der Waals surface area (Å²) in [6.45, 7) is 0.476. The molecular weight excluding hydrogens is 224 g/mol. The van der Waals surface area contributed by atoms with Crippen LogP contribution in [0.1, 0.15) is 11.1 Å². The van der Waals surface area contributed by atoms with Crippen molar-refractivity contribution in [2.24, 2.45) is 0 Å². The molecule has 1 aromatic carbocycles. The maximum Gasteiger partial charge on any atom is 0.184 e. The van der Waals surface area contributed by atoms with Crippen molar-refractivity contribution in [3.05, 3.63) is 34.7 Å². The molecule has 1 atom stereocenters. The maximum absolute atomic E-state index is 5.80. The average Bonchev–Trinajstić information content (AvgIpc) is 2.75. The van der Waals surface area contributed by atoms with Gasteiger partial charge in [-0.05, 0) is 12.1 Å². The molecule has 0 fully saturated rings. The van der Waals surface area contributed by atoms with Crippen molar-refractivity contribution in [1.29, 1.82) is 0 Å². The number of thiazole rings is 1. The Balaban J connectivity index is 1.88. The fourth-order valence-corrected chi connectivity index (χ4v) is 2.31. The lowest BCUT2D eigenvalue weighted by molar-refractivity contribution is 0.0911. The van der Waals surface area contributed by atoms with Gasteiger partial charge in [0.1, 0.15) is 17.4 Å². The van der Waals surface area contributed by atoms with E-state index in [-0.39, 0.29) is 6.10 Å². The van der Waals surface area contributed by atoms with Crippen molar-refractivity contribution in [2.45, 2.75) is 6.10 Å². The number of para-hydroxylation sites is 2. The second kappa shape index (κ2) is 3.68. The SMILES string of the molecule is Nc1csc(C2COc3ccccc3O2)n1. The molecular formula is C11H10N2O2S. The number of nitrogens with two attached hydrogens (primary N) is 1. The van der Waals surface area contributed by atoms with Crippen molar-refractivity contribution < 1.29 is 9.47 Å². The lowest BCUT2D eigenvalue weighted by Crippen LogP contribution is -2.21. The van der Waals surface area contributed by atoms with Gasteiger partial charge in [-0.2, -0.15) is 0 Å². The Morgan fingerprint density at radius 3 is 2.88 bits per heavy atom. The van der Waals surface area contributed by atoms with E-state index >= 15 is 0 Å². The lowest BCUT2D eigenvalue weighted by atomic mass is 10.2. The minimum atomic E-state index is -0.155. The third-order valence-electron chi connectivity index (χ3n) is 2.32. The molecule has 0 amide bonds. The van der Waals surface area contributed by atoms with Gasteiger partial charge in [0.2, 0.25) is 0 Å². The Morgan fingerprint density at radius 1 is 1.31 bits per heavy atom. The molecule has 1 aliphatic heterocycles. The van der Waals surface area contributed by atoms with Crippen LogP contribution >= 0.6 is 11.3 Å². The van der Waals surface area contributed by atoms with Gasteiger partial charge in [0.05, 0.1) is 0 Å². The number of ether oxygens (including phenoxy) is 2. The average molecular weight is 234 g/mol. The Labute approximate surface area is 96.6 Å². The van der Waals surface area contributed by atoms with Gasteiger partial charge in [-0.3, -0.25) is 0 Å². The number of nitrogens with zero attached hydrogens (tertiary/aromatic N) is 1. The predicted molar refractivity (Wildman–Crippen MR) is 61.8 cm³/mol. The lowest BCUT2D eigenvalue weighted by Gasteiger charge is -2.24. The van der Waals surface area contributed by atoms with Crippen LogP contribution in [0, 0.1) is 0 Å². The van der Waals surface area contributed by atoms with Crippen LogP contribution in [0.15, 0.2) is 29.6 Å². The second-order valence-electron chi connectivity index (χ2n) is 3.47. The molecule has 0 radical (unpaired) electrons. The molecule has 16 heavy (non-hydrogen) atoms. The van der Waals surface area contributed by atoms with Gasteiger partial charge in [-0.1, -0.05) is 12.1 Å². The topological polar surface area (TPSA) is 57.4 Å². The Bertz CT molecular complexity index is 512. The van der Waals surface area contributed by atoms with Crippen LogP contribution in [0.25, 0.3) is 0 Å². The van der Waals surface area contributed by atoms with Crippen molar-refractivity contribution in [1.82, 2.24) is 4.98 Å². The van der Waals surface area contributed by atoms with Gasteiger partial charge < -0.3 is 15.2 Å². The first kappa shape index (κ1) is 9.47. The Morgan fingerprint density at radius 2 is 2.12 bits per heavy atom. The second-order valence-corrected chi connectivity index (χ2v) is 4.36. The summed E-state index contributed by atoms with van der Waals surface area (Å²) < 4.78 is 11.4. The van der Waals surface area contributed by atoms with Crippen LogP contribution in [0.2, 0.25) is 0 Å². The summed E-state index contributed by atoms with van der Waals surface area (Å²) in [5.74, 6) is 2.07. The molecule has 0 saturated carbocycles. The van der Waals surface area contributed by atoms with Crippen molar-refractivity contribution in [3.63, 3.8) is 0 Å². The van der Waals surface area contributed by atoms with Gasteiger partial charge >= 0.3 is 0 Å². The summed E-state index contributed by atoms with van der Waals surface area (Å²) in [4.78, 5) is 4.20. The van der Waals surface area contributed by atoms with E-state index in [4.69, 9.17) is 15.2 Å². The van der Waals surface area contributed by atoms with E-state index < -0.39 is 0 Å². The molecule has 0 aliphatic carbocycles. The summed E-state index contributed by atoms with van der Waals surface area (Å²) in [7, 11) is 0. The third-order valence-corrected chi connectivity index (χ3v) is 3.28. The van der Waals surface area contributed by atoms with Gasteiger partial charge in [0, 0.05) is 5.38 Å². The predicted octanol–water partition coefficient (Wildman–Crippen LogP) is 2.24. The fraction of sp³-hybridized carbons (Fsp3) is 0.182. The Hall–Kier alpha value is -1.75. The van der Waals surface area contributed by atoms with E-state index in [2.05, 4.69) is 4.98 Å². The molecule has 5 heteroatoms. The number of nitrogen functional groups attached to an aromatic ring is 1. The summed E-state index contributed by atoms with van der Waals surface area (Å²) >= 11 is 1.49. The van der Waals surface area contributed by atoms with Crippen LogP contribution in [0.3, 0.4) is 0 Å². The highest BCUT2D eigenvalue weighted by Gasteiger charge is 2.24. The highest BCUT2D eigenvalue weighted by molar-refractivity contribution is 7.10. The number of anilines is 1. The summed E-state index contributed by atoms with van der Waals surface area (Å²) in [5.41, 5.74) is 5.58. The number of hydrogen-bond acceptors (Lipinski definition) is 5. The first-order valence-corrected chi connectivity index (χ1v) is 5.80. The molecule has 82 valence electrons. The largest absolute Gasteiger partial charge is 0.485 e. The first-order valence-electron chi connectivity index (χ1n) is 4.92. The van der Waals surface area contributed by atoms with E-state index in [1.165, 1.54) is 11.3 Å². The summed E-state index contributed by atoms with van der Waals surface area (Å²) in [5, 5.41) is 2.66. The van der Waals surface area contributed by atoms with E-state index in [1.807, 2.05) is 24.3 Å². The van der Waals surface area contributed by atoms with Crippen LogP contribution < -0.4 is 15.2 Å². The maximum atomic E-state index is 5.80. The Kier molecular flexibility index (Phi) is 2.18. The van der Waals surface area contributed by atoms with Crippen molar-refractivity contribution >= 4 is 17.2 Å². The van der Waals surface area contributed by atoms with Gasteiger partial charge in [-0.25, -0.2) is 4.98 Å². The number of fused-ring (bicyclic) bond motifs is 1. The molecule has 0 spiro atoms. The van der Waals surface area contributed by atoms with E-state index in [0.29, 0.717) is 12.4 Å². The normalized spacial score (nSPS) is 18.4. The zero-order valence-electron chi connectivity index (χ0n) is 8.42. The number of benzene rings is 1.